The lowest BCUT2D eigenvalue weighted by atomic mass is 10.1. The van der Waals surface area contributed by atoms with E-state index in [9.17, 15) is 4.79 Å². The SMILES string of the molecule is Cc1cccc(OCCN2CCCN(CC(=O)NC(C)(C)C)CC2)c1. The first kappa shape index (κ1) is 19.7. The second-order valence-corrected chi connectivity index (χ2v) is 7.93. The molecule has 1 aliphatic heterocycles. The van der Waals surface area contributed by atoms with Crippen molar-refractivity contribution in [3.8, 4) is 5.75 Å². The highest BCUT2D eigenvalue weighted by Gasteiger charge is 2.19. The molecule has 0 radical (unpaired) electrons. The molecule has 1 N–H and O–H groups in total. The van der Waals surface area contributed by atoms with Crippen LogP contribution in [0.5, 0.6) is 5.75 Å². The van der Waals surface area contributed by atoms with Crippen molar-refractivity contribution in [3.63, 3.8) is 0 Å². The number of ether oxygens (including phenoxy) is 1. The number of carbonyl (C=O) groups is 1. The zero-order valence-corrected chi connectivity index (χ0v) is 16.2. The third-order valence-electron chi connectivity index (χ3n) is 4.23. The van der Waals surface area contributed by atoms with Crippen molar-refractivity contribution in [1.82, 2.24) is 15.1 Å². The van der Waals surface area contributed by atoms with E-state index in [1.165, 1.54) is 5.56 Å². The summed E-state index contributed by atoms with van der Waals surface area (Å²) in [5.41, 5.74) is 1.05. The van der Waals surface area contributed by atoms with Crippen LogP contribution in [0.4, 0.5) is 0 Å². The van der Waals surface area contributed by atoms with Gasteiger partial charge in [0.1, 0.15) is 12.4 Å². The minimum absolute atomic E-state index is 0.115. The number of hydrogen-bond donors (Lipinski definition) is 1. The molecule has 0 saturated carbocycles. The number of hydrogen-bond acceptors (Lipinski definition) is 4. The van der Waals surface area contributed by atoms with Crippen LogP contribution in [0.3, 0.4) is 0 Å². The lowest BCUT2D eigenvalue weighted by Crippen LogP contribution is -2.46. The topological polar surface area (TPSA) is 44.8 Å². The molecule has 1 amide bonds. The van der Waals surface area contributed by atoms with Gasteiger partial charge < -0.3 is 10.1 Å². The average Bonchev–Trinajstić information content (AvgIpc) is 2.71. The molecule has 5 nitrogen and oxygen atoms in total. The quantitative estimate of drug-likeness (QED) is 0.858. The van der Waals surface area contributed by atoms with Crippen LogP contribution in [0.1, 0.15) is 32.8 Å². The molecule has 0 aromatic heterocycles. The molecule has 5 heteroatoms. The van der Waals surface area contributed by atoms with E-state index in [-0.39, 0.29) is 11.4 Å². The first-order chi connectivity index (χ1) is 11.8. The van der Waals surface area contributed by atoms with Gasteiger partial charge in [0, 0.05) is 25.2 Å². The van der Waals surface area contributed by atoms with E-state index < -0.39 is 0 Å². The number of aryl methyl sites for hydroxylation is 1. The predicted octanol–water partition coefficient (Wildman–Crippen LogP) is 2.30. The van der Waals surface area contributed by atoms with Crippen molar-refractivity contribution < 1.29 is 9.53 Å². The molecule has 1 aromatic carbocycles. The third kappa shape index (κ3) is 7.88. The molecule has 2 rings (SSSR count). The fraction of sp³-hybridized carbons (Fsp3) is 0.650. The van der Waals surface area contributed by atoms with Gasteiger partial charge in [-0.15, -0.1) is 0 Å². The van der Waals surface area contributed by atoms with Gasteiger partial charge in [0.05, 0.1) is 6.54 Å². The predicted molar refractivity (Wildman–Crippen MR) is 102 cm³/mol. The summed E-state index contributed by atoms with van der Waals surface area (Å²) in [5.74, 6) is 1.05. The summed E-state index contributed by atoms with van der Waals surface area (Å²) in [6.07, 6.45) is 1.09. The van der Waals surface area contributed by atoms with Gasteiger partial charge >= 0.3 is 0 Å². The van der Waals surface area contributed by atoms with Crippen molar-refractivity contribution >= 4 is 5.91 Å². The number of nitrogens with zero attached hydrogens (tertiary/aromatic N) is 2. The van der Waals surface area contributed by atoms with Crippen molar-refractivity contribution in [2.45, 2.75) is 39.7 Å². The summed E-state index contributed by atoms with van der Waals surface area (Å²) in [7, 11) is 0. The second kappa shape index (κ2) is 9.20. The molecule has 0 bridgehead atoms. The maximum absolute atomic E-state index is 12.1. The Labute approximate surface area is 152 Å². The van der Waals surface area contributed by atoms with E-state index in [1.54, 1.807) is 0 Å². The van der Waals surface area contributed by atoms with Gasteiger partial charge in [0.2, 0.25) is 5.91 Å². The number of amides is 1. The van der Waals surface area contributed by atoms with E-state index in [4.69, 9.17) is 4.74 Å². The van der Waals surface area contributed by atoms with Crippen molar-refractivity contribution in [2.24, 2.45) is 0 Å². The Balaban J connectivity index is 1.69. The molecule has 1 heterocycles. The van der Waals surface area contributed by atoms with Gasteiger partial charge in [-0.3, -0.25) is 14.6 Å². The summed E-state index contributed by atoms with van der Waals surface area (Å²) in [5, 5.41) is 3.04. The van der Waals surface area contributed by atoms with E-state index in [1.807, 2.05) is 32.9 Å². The summed E-state index contributed by atoms with van der Waals surface area (Å²) < 4.78 is 5.86. The van der Waals surface area contributed by atoms with Gasteiger partial charge in [-0.25, -0.2) is 0 Å². The fourth-order valence-electron chi connectivity index (χ4n) is 3.06. The van der Waals surface area contributed by atoms with Gasteiger partial charge in [-0.2, -0.15) is 0 Å². The van der Waals surface area contributed by atoms with Crippen LogP contribution in [0.15, 0.2) is 24.3 Å². The number of carbonyl (C=O) groups excluding carboxylic acids is 1. The first-order valence-electron chi connectivity index (χ1n) is 9.27. The maximum Gasteiger partial charge on any atom is 0.234 e. The lowest BCUT2D eigenvalue weighted by Gasteiger charge is -2.25. The Kier molecular flexibility index (Phi) is 7.26. The maximum atomic E-state index is 12.1. The Bertz CT molecular complexity index is 554. The summed E-state index contributed by atoms with van der Waals surface area (Å²) in [6.45, 7) is 14.2. The molecule has 140 valence electrons. The van der Waals surface area contributed by atoms with Crippen LogP contribution in [-0.4, -0.2) is 67.1 Å². The average molecular weight is 348 g/mol. The van der Waals surface area contributed by atoms with Crippen molar-refractivity contribution in [1.29, 1.82) is 0 Å². The fourth-order valence-corrected chi connectivity index (χ4v) is 3.06. The van der Waals surface area contributed by atoms with Crippen molar-refractivity contribution in [2.75, 3.05) is 45.9 Å². The molecular formula is C20H33N3O2. The zero-order valence-electron chi connectivity index (χ0n) is 16.2. The van der Waals surface area contributed by atoms with Crippen LogP contribution < -0.4 is 10.1 Å². The van der Waals surface area contributed by atoms with E-state index in [0.717, 1.165) is 44.9 Å². The molecule has 0 spiro atoms. The molecule has 0 aliphatic carbocycles. The molecule has 0 unspecified atom stereocenters. The lowest BCUT2D eigenvalue weighted by molar-refractivity contribution is -0.123. The van der Waals surface area contributed by atoms with Crippen LogP contribution in [0, 0.1) is 6.92 Å². The Hall–Kier alpha value is -1.59. The first-order valence-corrected chi connectivity index (χ1v) is 9.27. The van der Waals surface area contributed by atoms with Crippen molar-refractivity contribution in [3.05, 3.63) is 29.8 Å². The van der Waals surface area contributed by atoms with Crippen LogP contribution in [0.25, 0.3) is 0 Å². The zero-order chi connectivity index (χ0) is 18.3. The highest BCUT2D eigenvalue weighted by molar-refractivity contribution is 5.78. The molecule has 1 aliphatic rings. The molecule has 1 fully saturated rings. The molecule has 1 aromatic rings. The van der Waals surface area contributed by atoms with E-state index in [0.29, 0.717) is 13.2 Å². The minimum atomic E-state index is -0.165. The molecule has 0 atom stereocenters. The van der Waals surface area contributed by atoms with E-state index >= 15 is 0 Å². The highest BCUT2D eigenvalue weighted by atomic mass is 16.5. The Morgan fingerprint density at radius 1 is 1.16 bits per heavy atom. The number of nitrogens with one attached hydrogen (secondary N) is 1. The standard InChI is InChI=1S/C20H33N3O2/c1-17-7-5-8-18(15-17)25-14-13-22-9-6-10-23(12-11-22)16-19(24)21-20(2,3)4/h5,7-8,15H,6,9-14,16H2,1-4H3,(H,21,24). The smallest absolute Gasteiger partial charge is 0.234 e. The van der Waals surface area contributed by atoms with Gasteiger partial charge in [0.25, 0.3) is 0 Å². The van der Waals surface area contributed by atoms with Gasteiger partial charge in [-0.1, -0.05) is 12.1 Å². The highest BCUT2D eigenvalue weighted by Crippen LogP contribution is 2.12. The summed E-state index contributed by atoms with van der Waals surface area (Å²) >= 11 is 0. The van der Waals surface area contributed by atoms with Crippen LogP contribution in [0.2, 0.25) is 0 Å². The molecular weight excluding hydrogens is 314 g/mol. The van der Waals surface area contributed by atoms with Crippen LogP contribution >= 0.6 is 0 Å². The number of benzene rings is 1. The van der Waals surface area contributed by atoms with Gasteiger partial charge in [-0.05, 0) is 64.9 Å². The number of rotatable bonds is 6. The molecule has 1 saturated heterocycles. The van der Waals surface area contributed by atoms with E-state index in [2.05, 4.69) is 34.2 Å². The van der Waals surface area contributed by atoms with Crippen LogP contribution in [-0.2, 0) is 4.79 Å². The minimum Gasteiger partial charge on any atom is -0.492 e. The monoisotopic (exact) mass is 347 g/mol. The largest absolute Gasteiger partial charge is 0.492 e. The summed E-state index contributed by atoms with van der Waals surface area (Å²) in [6, 6.07) is 8.17. The Morgan fingerprint density at radius 3 is 2.60 bits per heavy atom. The second-order valence-electron chi connectivity index (χ2n) is 7.93. The van der Waals surface area contributed by atoms with Gasteiger partial charge in [0.15, 0.2) is 0 Å². The Morgan fingerprint density at radius 2 is 1.88 bits per heavy atom. The summed E-state index contributed by atoms with van der Waals surface area (Å²) in [4.78, 5) is 16.8. The third-order valence-corrected chi connectivity index (χ3v) is 4.23. The normalized spacial score (nSPS) is 17.1. The molecule has 25 heavy (non-hydrogen) atoms.